The SMILES string of the molecule is CN(C)Cc1cccc(NC(=O)CSC2CCNCC2)c1. The van der Waals surface area contributed by atoms with Crippen molar-refractivity contribution in [1.82, 2.24) is 10.2 Å². The van der Waals surface area contributed by atoms with E-state index in [0.29, 0.717) is 11.0 Å². The van der Waals surface area contributed by atoms with Crippen LogP contribution in [0.3, 0.4) is 0 Å². The van der Waals surface area contributed by atoms with E-state index in [0.717, 1.165) is 38.2 Å². The molecule has 0 atom stereocenters. The highest BCUT2D eigenvalue weighted by molar-refractivity contribution is 8.00. The van der Waals surface area contributed by atoms with Crippen molar-refractivity contribution in [1.29, 1.82) is 0 Å². The molecule has 1 aromatic rings. The number of amides is 1. The third-order valence-corrected chi connectivity index (χ3v) is 4.82. The molecule has 1 aliphatic rings. The minimum absolute atomic E-state index is 0.0977. The van der Waals surface area contributed by atoms with Crippen molar-refractivity contribution in [3.05, 3.63) is 29.8 Å². The molecule has 0 bridgehead atoms. The molecule has 2 N–H and O–H groups in total. The molecule has 0 aliphatic carbocycles. The molecule has 1 saturated heterocycles. The summed E-state index contributed by atoms with van der Waals surface area (Å²) in [7, 11) is 4.09. The Bertz CT molecular complexity index is 459. The number of nitrogens with zero attached hydrogens (tertiary/aromatic N) is 1. The molecular weight excluding hydrogens is 282 g/mol. The van der Waals surface area contributed by atoms with Crippen LogP contribution in [0, 0.1) is 0 Å². The third-order valence-electron chi connectivity index (χ3n) is 3.45. The number of thioether (sulfide) groups is 1. The fourth-order valence-electron chi connectivity index (χ4n) is 2.47. The van der Waals surface area contributed by atoms with E-state index in [1.54, 1.807) is 11.8 Å². The van der Waals surface area contributed by atoms with Gasteiger partial charge in [-0.1, -0.05) is 12.1 Å². The second-order valence-electron chi connectivity index (χ2n) is 5.75. The zero-order valence-corrected chi connectivity index (χ0v) is 13.7. The highest BCUT2D eigenvalue weighted by Crippen LogP contribution is 2.20. The second-order valence-corrected chi connectivity index (χ2v) is 7.04. The lowest BCUT2D eigenvalue weighted by molar-refractivity contribution is -0.113. The van der Waals surface area contributed by atoms with Crippen molar-refractivity contribution in [3.63, 3.8) is 0 Å². The van der Waals surface area contributed by atoms with Crippen LogP contribution in [0.1, 0.15) is 18.4 Å². The molecule has 1 amide bonds. The Morgan fingerprint density at radius 1 is 1.38 bits per heavy atom. The second kappa shape index (κ2) is 8.41. The van der Waals surface area contributed by atoms with Crippen molar-refractivity contribution in [2.75, 3.05) is 38.3 Å². The van der Waals surface area contributed by atoms with E-state index in [-0.39, 0.29) is 5.91 Å². The Kier molecular flexibility index (Phi) is 6.54. The molecular formula is C16H25N3OS. The largest absolute Gasteiger partial charge is 0.325 e. The van der Waals surface area contributed by atoms with Crippen LogP contribution in [0.15, 0.2) is 24.3 Å². The van der Waals surface area contributed by atoms with Crippen LogP contribution in [0.25, 0.3) is 0 Å². The first-order chi connectivity index (χ1) is 10.1. The molecule has 21 heavy (non-hydrogen) atoms. The third kappa shape index (κ3) is 6.08. The van der Waals surface area contributed by atoms with Gasteiger partial charge in [-0.15, -0.1) is 11.8 Å². The zero-order chi connectivity index (χ0) is 15.1. The molecule has 0 saturated carbocycles. The first-order valence-corrected chi connectivity index (χ1v) is 8.54. The Morgan fingerprint density at radius 2 is 2.14 bits per heavy atom. The highest BCUT2D eigenvalue weighted by atomic mass is 32.2. The van der Waals surface area contributed by atoms with Crippen LogP contribution in [0.5, 0.6) is 0 Å². The van der Waals surface area contributed by atoms with Crippen LogP contribution in [-0.4, -0.2) is 49.0 Å². The number of carbonyl (C=O) groups is 1. The monoisotopic (exact) mass is 307 g/mol. The molecule has 0 spiro atoms. The molecule has 0 unspecified atom stereocenters. The summed E-state index contributed by atoms with van der Waals surface area (Å²) in [6, 6.07) is 8.08. The van der Waals surface area contributed by atoms with Gasteiger partial charge in [0.1, 0.15) is 0 Å². The quantitative estimate of drug-likeness (QED) is 0.845. The van der Waals surface area contributed by atoms with Crippen molar-refractivity contribution in [2.24, 2.45) is 0 Å². The number of nitrogens with one attached hydrogen (secondary N) is 2. The minimum Gasteiger partial charge on any atom is -0.325 e. The lowest BCUT2D eigenvalue weighted by Crippen LogP contribution is -2.30. The minimum atomic E-state index is 0.0977. The fraction of sp³-hybridized carbons (Fsp3) is 0.562. The summed E-state index contributed by atoms with van der Waals surface area (Å²) in [5, 5.41) is 6.97. The van der Waals surface area contributed by atoms with Crippen LogP contribution in [0.4, 0.5) is 5.69 Å². The van der Waals surface area contributed by atoms with Gasteiger partial charge in [0, 0.05) is 17.5 Å². The van der Waals surface area contributed by atoms with Crippen LogP contribution >= 0.6 is 11.8 Å². The zero-order valence-electron chi connectivity index (χ0n) is 12.9. The Balaban J connectivity index is 1.78. The predicted octanol–water partition coefficient (Wildman–Crippen LogP) is 2.17. The normalized spacial score (nSPS) is 16.1. The molecule has 1 heterocycles. The van der Waals surface area contributed by atoms with Gasteiger partial charge in [-0.25, -0.2) is 0 Å². The van der Waals surface area contributed by atoms with Gasteiger partial charge >= 0.3 is 0 Å². The number of piperidine rings is 1. The molecule has 4 nitrogen and oxygen atoms in total. The average Bonchev–Trinajstić information content (AvgIpc) is 2.46. The number of carbonyl (C=O) groups excluding carboxylic acids is 1. The van der Waals surface area contributed by atoms with Crippen molar-refractivity contribution < 1.29 is 4.79 Å². The number of anilines is 1. The van der Waals surface area contributed by atoms with Crippen LogP contribution in [-0.2, 0) is 11.3 Å². The Hall–Kier alpha value is -1.04. The van der Waals surface area contributed by atoms with Gasteiger partial charge < -0.3 is 15.5 Å². The van der Waals surface area contributed by atoms with Gasteiger partial charge in [-0.3, -0.25) is 4.79 Å². The Labute approximate surface area is 131 Å². The fourth-order valence-corrected chi connectivity index (χ4v) is 3.49. The lowest BCUT2D eigenvalue weighted by Gasteiger charge is -2.21. The lowest BCUT2D eigenvalue weighted by atomic mass is 10.2. The smallest absolute Gasteiger partial charge is 0.234 e. The maximum absolute atomic E-state index is 12.0. The van der Waals surface area contributed by atoms with Crippen molar-refractivity contribution >= 4 is 23.4 Å². The summed E-state index contributed by atoms with van der Waals surface area (Å²) in [6.45, 7) is 3.03. The number of rotatable bonds is 6. The molecule has 1 aliphatic heterocycles. The van der Waals surface area contributed by atoms with E-state index in [9.17, 15) is 4.79 Å². The molecule has 0 aromatic heterocycles. The van der Waals surface area contributed by atoms with E-state index in [1.165, 1.54) is 5.56 Å². The standard InChI is InChI=1S/C16H25N3OS/c1-19(2)11-13-4-3-5-14(10-13)18-16(20)12-21-15-6-8-17-9-7-15/h3-5,10,15,17H,6-9,11-12H2,1-2H3,(H,18,20). The van der Waals surface area contributed by atoms with Gasteiger partial charge in [0.25, 0.3) is 0 Å². The number of benzene rings is 1. The van der Waals surface area contributed by atoms with Crippen LogP contribution < -0.4 is 10.6 Å². The molecule has 5 heteroatoms. The molecule has 1 aromatic carbocycles. The highest BCUT2D eigenvalue weighted by Gasteiger charge is 2.15. The summed E-state index contributed by atoms with van der Waals surface area (Å²) in [4.78, 5) is 14.1. The average molecular weight is 307 g/mol. The first kappa shape index (κ1) is 16.3. The van der Waals surface area contributed by atoms with Crippen molar-refractivity contribution in [2.45, 2.75) is 24.6 Å². The molecule has 0 radical (unpaired) electrons. The van der Waals surface area contributed by atoms with E-state index >= 15 is 0 Å². The maximum atomic E-state index is 12.0. The van der Waals surface area contributed by atoms with Gasteiger partial charge in [-0.05, 0) is 57.7 Å². The van der Waals surface area contributed by atoms with E-state index in [1.807, 2.05) is 32.3 Å². The van der Waals surface area contributed by atoms with E-state index in [4.69, 9.17) is 0 Å². The van der Waals surface area contributed by atoms with Crippen molar-refractivity contribution in [3.8, 4) is 0 Å². The summed E-state index contributed by atoms with van der Waals surface area (Å²) < 4.78 is 0. The van der Waals surface area contributed by atoms with E-state index < -0.39 is 0 Å². The summed E-state index contributed by atoms with van der Waals surface area (Å²) >= 11 is 1.78. The number of hydrogen-bond acceptors (Lipinski definition) is 4. The molecule has 2 rings (SSSR count). The Morgan fingerprint density at radius 3 is 2.86 bits per heavy atom. The van der Waals surface area contributed by atoms with Gasteiger partial charge in [0.15, 0.2) is 0 Å². The van der Waals surface area contributed by atoms with Gasteiger partial charge in [-0.2, -0.15) is 0 Å². The number of hydrogen-bond donors (Lipinski definition) is 2. The maximum Gasteiger partial charge on any atom is 0.234 e. The molecule has 1 fully saturated rings. The van der Waals surface area contributed by atoms with Gasteiger partial charge in [0.05, 0.1) is 5.75 Å². The topological polar surface area (TPSA) is 44.4 Å². The van der Waals surface area contributed by atoms with Gasteiger partial charge in [0.2, 0.25) is 5.91 Å². The van der Waals surface area contributed by atoms with Crippen LogP contribution in [0.2, 0.25) is 0 Å². The summed E-state index contributed by atoms with van der Waals surface area (Å²) in [6.07, 6.45) is 2.33. The summed E-state index contributed by atoms with van der Waals surface area (Å²) in [5.41, 5.74) is 2.11. The molecule has 116 valence electrons. The summed E-state index contributed by atoms with van der Waals surface area (Å²) in [5.74, 6) is 0.642. The van der Waals surface area contributed by atoms with E-state index in [2.05, 4.69) is 21.6 Å². The first-order valence-electron chi connectivity index (χ1n) is 7.49. The predicted molar refractivity (Wildman–Crippen MR) is 90.8 cm³/mol.